The first-order valence-corrected chi connectivity index (χ1v) is 9.26. The van der Waals surface area contributed by atoms with Gasteiger partial charge in [0.05, 0.1) is 0 Å². The number of thiocarbonyl (C=S) groups is 1. The van der Waals surface area contributed by atoms with E-state index >= 15 is 0 Å². The molecule has 0 aliphatic heterocycles. The van der Waals surface area contributed by atoms with E-state index in [9.17, 15) is 9.59 Å². The molecule has 3 N–H and O–H groups in total. The first kappa shape index (κ1) is 20.4. The molecule has 0 radical (unpaired) electrons. The Balaban J connectivity index is 1.75. The van der Waals surface area contributed by atoms with Gasteiger partial charge in [-0.15, -0.1) is 0 Å². The lowest BCUT2D eigenvalue weighted by Crippen LogP contribution is -2.49. The quantitative estimate of drug-likeness (QED) is 0.340. The molecule has 0 saturated heterocycles. The van der Waals surface area contributed by atoms with Crippen LogP contribution in [0.4, 0.5) is 0 Å². The number of carbonyl (C=O) groups is 2. The molecule has 0 aromatic heterocycles. The number of aryl methyl sites for hydroxylation is 1. The average Bonchev–Trinajstić information content (AvgIpc) is 2.61. The number of ether oxygens (including phenoxy) is 1. The molecule has 2 amide bonds. The van der Waals surface area contributed by atoms with Gasteiger partial charge in [-0.2, -0.15) is 0 Å². The number of hydrogen-bond donors (Lipinski definition) is 3. The molecule has 136 valence electrons. The highest BCUT2D eigenvalue weighted by molar-refractivity contribution is 14.1. The number of carbonyl (C=O) groups excluding carboxylic acids is 2. The fourth-order valence-corrected chi connectivity index (χ4v) is 2.57. The molecule has 0 heterocycles. The Labute approximate surface area is 174 Å². The lowest BCUT2D eigenvalue weighted by Gasteiger charge is -2.12. The molecule has 26 heavy (non-hydrogen) atoms. The number of nitrogens with one attached hydrogen (secondary N) is 3. The van der Waals surface area contributed by atoms with Crippen molar-refractivity contribution in [1.82, 2.24) is 16.2 Å². The number of halogens is 2. The smallest absolute Gasteiger partial charge is 0.276 e. The molecule has 0 unspecified atom stereocenters. The van der Waals surface area contributed by atoms with E-state index < -0.39 is 5.91 Å². The summed E-state index contributed by atoms with van der Waals surface area (Å²) in [6, 6.07) is 11.9. The summed E-state index contributed by atoms with van der Waals surface area (Å²) in [6.07, 6.45) is 0. The molecule has 0 bridgehead atoms. The standard InChI is InChI=1S/C17H15ClIN3O3S/c1-10-2-3-11(8-14(10)19)16(24)20-17(26)22-21-15(23)9-25-13-6-4-12(18)5-7-13/h2-8H,9H2,1H3,(H,21,23)(H2,20,22,24,26). The predicted octanol–water partition coefficient (Wildman–Crippen LogP) is 2.97. The molecule has 0 aliphatic carbocycles. The summed E-state index contributed by atoms with van der Waals surface area (Å²) in [5.74, 6) is -0.317. The summed E-state index contributed by atoms with van der Waals surface area (Å²) >= 11 is 12.9. The van der Waals surface area contributed by atoms with Gasteiger partial charge < -0.3 is 4.74 Å². The zero-order chi connectivity index (χ0) is 19.1. The van der Waals surface area contributed by atoms with Gasteiger partial charge in [0.15, 0.2) is 11.7 Å². The summed E-state index contributed by atoms with van der Waals surface area (Å²) in [6.45, 7) is 1.73. The second kappa shape index (κ2) is 9.70. The van der Waals surface area contributed by atoms with Gasteiger partial charge in [0.25, 0.3) is 11.8 Å². The Morgan fingerprint density at radius 2 is 1.85 bits per heavy atom. The Morgan fingerprint density at radius 1 is 1.15 bits per heavy atom. The van der Waals surface area contributed by atoms with Crippen LogP contribution in [0.2, 0.25) is 5.02 Å². The first-order chi connectivity index (χ1) is 12.3. The van der Waals surface area contributed by atoms with E-state index in [1.807, 2.05) is 13.0 Å². The van der Waals surface area contributed by atoms with E-state index in [2.05, 4.69) is 38.8 Å². The monoisotopic (exact) mass is 503 g/mol. The summed E-state index contributed by atoms with van der Waals surface area (Å²) in [7, 11) is 0. The largest absolute Gasteiger partial charge is 0.484 e. The summed E-state index contributed by atoms with van der Waals surface area (Å²) in [5.41, 5.74) is 6.35. The van der Waals surface area contributed by atoms with E-state index in [-0.39, 0.29) is 17.6 Å². The van der Waals surface area contributed by atoms with Crippen molar-refractivity contribution in [3.63, 3.8) is 0 Å². The number of hydrazine groups is 1. The van der Waals surface area contributed by atoms with Gasteiger partial charge in [0, 0.05) is 14.2 Å². The molecule has 2 aromatic carbocycles. The van der Waals surface area contributed by atoms with Crippen LogP contribution >= 0.6 is 46.4 Å². The van der Waals surface area contributed by atoms with E-state index in [4.69, 9.17) is 28.6 Å². The zero-order valence-electron chi connectivity index (χ0n) is 13.6. The molecule has 0 aliphatic rings. The van der Waals surface area contributed by atoms with Crippen LogP contribution in [-0.2, 0) is 4.79 Å². The maximum atomic E-state index is 12.1. The minimum absolute atomic E-state index is 0.0228. The second-order valence-electron chi connectivity index (χ2n) is 5.16. The zero-order valence-corrected chi connectivity index (χ0v) is 17.4. The molecule has 9 heteroatoms. The number of benzene rings is 2. The van der Waals surface area contributed by atoms with E-state index in [0.717, 1.165) is 9.13 Å². The highest BCUT2D eigenvalue weighted by atomic mass is 127. The topological polar surface area (TPSA) is 79.5 Å². The summed E-state index contributed by atoms with van der Waals surface area (Å²) in [4.78, 5) is 23.8. The number of rotatable bonds is 4. The normalized spacial score (nSPS) is 9.96. The summed E-state index contributed by atoms with van der Waals surface area (Å²) < 4.78 is 6.26. The van der Waals surface area contributed by atoms with Gasteiger partial charge in [0.2, 0.25) is 0 Å². The van der Waals surface area contributed by atoms with E-state index in [1.165, 1.54) is 0 Å². The third-order valence-electron chi connectivity index (χ3n) is 3.16. The predicted molar refractivity (Wildman–Crippen MR) is 112 cm³/mol. The lowest BCUT2D eigenvalue weighted by molar-refractivity contribution is -0.123. The fraction of sp³-hybridized carbons (Fsp3) is 0.118. The first-order valence-electron chi connectivity index (χ1n) is 7.40. The van der Waals surface area contributed by atoms with Crippen LogP contribution in [0, 0.1) is 10.5 Å². The van der Waals surface area contributed by atoms with Crippen LogP contribution in [0.1, 0.15) is 15.9 Å². The van der Waals surface area contributed by atoms with Crippen LogP contribution in [0.5, 0.6) is 5.75 Å². The molecule has 0 spiro atoms. The van der Waals surface area contributed by atoms with Gasteiger partial charge in [-0.25, -0.2) is 0 Å². The Morgan fingerprint density at radius 3 is 2.50 bits per heavy atom. The van der Waals surface area contributed by atoms with Gasteiger partial charge in [0.1, 0.15) is 5.75 Å². The third-order valence-corrected chi connectivity index (χ3v) is 4.78. The van der Waals surface area contributed by atoms with E-state index in [1.54, 1.807) is 36.4 Å². The van der Waals surface area contributed by atoms with Crippen molar-refractivity contribution in [2.75, 3.05) is 6.61 Å². The molecule has 0 fully saturated rings. The maximum Gasteiger partial charge on any atom is 0.276 e. The second-order valence-corrected chi connectivity index (χ2v) is 7.17. The van der Waals surface area contributed by atoms with Crippen molar-refractivity contribution >= 4 is 63.3 Å². The fourth-order valence-electron chi connectivity index (χ4n) is 1.78. The van der Waals surface area contributed by atoms with Crippen molar-refractivity contribution in [1.29, 1.82) is 0 Å². The molecule has 0 atom stereocenters. The number of amides is 2. The molecule has 6 nitrogen and oxygen atoms in total. The van der Waals surface area contributed by atoms with Crippen molar-refractivity contribution in [3.05, 3.63) is 62.2 Å². The third kappa shape index (κ3) is 6.43. The van der Waals surface area contributed by atoms with Crippen LogP contribution in [-0.4, -0.2) is 23.5 Å². The van der Waals surface area contributed by atoms with Gasteiger partial charge in [-0.1, -0.05) is 17.7 Å². The minimum Gasteiger partial charge on any atom is -0.484 e. The SMILES string of the molecule is Cc1ccc(C(=O)NC(=S)NNC(=O)COc2ccc(Cl)cc2)cc1I. The minimum atomic E-state index is -0.457. The van der Waals surface area contributed by atoms with Crippen molar-refractivity contribution in [3.8, 4) is 5.75 Å². The molecule has 0 saturated carbocycles. The van der Waals surface area contributed by atoms with Gasteiger partial charge in [-0.3, -0.25) is 25.8 Å². The number of hydrogen-bond acceptors (Lipinski definition) is 4. The van der Waals surface area contributed by atoms with Crippen LogP contribution in [0.15, 0.2) is 42.5 Å². The molecular formula is C17H15ClIN3O3S. The Hall–Kier alpha value is -1.91. The van der Waals surface area contributed by atoms with Crippen LogP contribution in [0.3, 0.4) is 0 Å². The highest BCUT2D eigenvalue weighted by Gasteiger charge is 2.10. The van der Waals surface area contributed by atoms with Crippen molar-refractivity contribution < 1.29 is 14.3 Å². The molecule has 2 rings (SSSR count). The maximum absolute atomic E-state index is 12.1. The lowest BCUT2D eigenvalue weighted by atomic mass is 10.1. The van der Waals surface area contributed by atoms with Gasteiger partial charge in [-0.05, 0) is 83.7 Å². The Bertz CT molecular complexity index is 831. The highest BCUT2D eigenvalue weighted by Crippen LogP contribution is 2.15. The van der Waals surface area contributed by atoms with Crippen LogP contribution in [0.25, 0.3) is 0 Å². The average molecular weight is 504 g/mol. The summed E-state index contributed by atoms with van der Waals surface area (Å²) in [5, 5.41) is 3.04. The van der Waals surface area contributed by atoms with Crippen LogP contribution < -0.4 is 20.9 Å². The van der Waals surface area contributed by atoms with Crippen molar-refractivity contribution in [2.24, 2.45) is 0 Å². The molecule has 2 aromatic rings. The van der Waals surface area contributed by atoms with Crippen molar-refractivity contribution in [2.45, 2.75) is 6.92 Å². The molecular weight excluding hydrogens is 489 g/mol. The van der Waals surface area contributed by atoms with E-state index in [0.29, 0.717) is 16.3 Å². The Kier molecular flexibility index (Phi) is 7.61. The van der Waals surface area contributed by atoms with Gasteiger partial charge >= 0.3 is 0 Å².